The van der Waals surface area contributed by atoms with E-state index in [0.29, 0.717) is 16.5 Å². The van der Waals surface area contributed by atoms with Gasteiger partial charge in [-0.25, -0.2) is 4.99 Å². The highest BCUT2D eigenvalue weighted by Crippen LogP contribution is 2.29. The third-order valence-electron chi connectivity index (χ3n) is 3.88. The van der Waals surface area contributed by atoms with Crippen LogP contribution in [0.25, 0.3) is 0 Å². The molecule has 0 saturated heterocycles. The van der Waals surface area contributed by atoms with E-state index >= 15 is 0 Å². The molecule has 0 fully saturated rings. The molecule has 0 bridgehead atoms. The second-order valence-electron chi connectivity index (χ2n) is 5.46. The number of amidine groups is 1. The maximum Gasteiger partial charge on any atom is 0.323 e. The van der Waals surface area contributed by atoms with Crippen molar-refractivity contribution in [2.24, 2.45) is 15.8 Å². The Hall–Kier alpha value is -2.70. The van der Waals surface area contributed by atoms with Crippen molar-refractivity contribution in [3.8, 4) is 0 Å². The molecule has 0 aliphatic carbocycles. The zero-order chi connectivity index (χ0) is 16.7. The lowest BCUT2D eigenvalue weighted by Gasteiger charge is -2.27. The summed E-state index contributed by atoms with van der Waals surface area (Å²) in [5.41, 5.74) is 7.63. The molecule has 0 saturated carbocycles. The van der Waals surface area contributed by atoms with Crippen LogP contribution in [0.15, 0.2) is 64.7 Å². The van der Waals surface area contributed by atoms with Crippen LogP contribution in [-0.2, 0) is 9.53 Å². The Morgan fingerprint density at radius 1 is 1.08 bits per heavy atom. The first kappa shape index (κ1) is 14.9. The molecule has 24 heavy (non-hydrogen) atoms. The molecule has 2 aromatic carbocycles. The second kappa shape index (κ2) is 5.74. The number of fused-ring (bicyclic) bond motifs is 1. The van der Waals surface area contributed by atoms with E-state index in [4.69, 9.17) is 22.1 Å². The second-order valence-corrected chi connectivity index (χ2v) is 5.89. The lowest BCUT2D eigenvalue weighted by Crippen LogP contribution is -2.49. The number of hydrazone groups is 1. The summed E-state index contributed by atoms with van der Waals surface area (Å²) < 4.78 is 5.67. The van der Waals surface area contributed by atoms with Crippen LogP contribution in [0.1, 0.15) is 17.2 Å². The lowest BCUT2D eigenvalue weighted by molar-refractivity contribution is -0.130. The van der Waals surface area contributed by atoms with E-state index in [1.807, 2.05) is 30.3 Å². The third-order valence-corrected chi connectivity index (χ3v) is 4.13. The smallest absolute Gasteiger partial charge is 0.323 e. The summed E-state index contributed by atoms with van der Waals surface area (Å²) in [6.07, 6.45) is 0. The van der Waals surface area contributed by atoms with Crippen LogP contribution in [0.2, 0.25) is 5.02 Å². The average molecular weight is 341 g/mol. The quantitative estimate of drug-likeness (QED) is 0.910. The number of hydrogen-bond donors (Lipinski definition) is 1. The molecule has 120 valence electrons. The highest BCUT2D eigenvalue weighted by atomic mass is 35.5. The Kier molecular flexibility index (Phi) is 3.55. The van der Waals surface area contributed by atoms with E-state index < -0.39 is 12.1 Å². The third kappa shape index (κ3) is 2.46. The van der Waals surface area contributed by atoms with Crippen LogP contribution in [0.5, 0.6) is 0 Å². The van der Waals surface area contributed by atoms with Crippen molar-refractivity contribution < 1.29 is 9.53 Å². The zero-order valence-electron chi connectivity index (χ0n) is 12.5. The summed E-state index contributed by atoms with van der Waals surface area (Å²) in [4.78, 5) is 17.0. The predicted molar refractivity (Wildman–Crippen MR) is 90.5 cm³/mol. The summed E-state index contributed by atoms with van der Waals surface area (Å²) in [7, 11) is 0. The van der Waals surface area contributed by atoms with Gasteiger partial charge in [-0.3, -0.25) is 4.79 Å². The van der Waals surface area contributed by atoms with Gasteiger partial charge in [-0.1, -0.05) is 41.9 Å². The highest BCUT2D eigenvalue weighted by Gasteiger charge is 2.42. The summed E-state index contributed by atoms with van der Waals surface area (Å²) >= 11 is 5.88. The number of rotatable bonds is 2. The molecule has 2 aromatic rings. The fraction of sp³-hybridized carbons (Fsp3) is 0.118. The van der Waals surface area contributed by atoms with E-state index in [0.717, 1.165) is 10.6 Å². The fourth-order valence-electron chi connectivity index (χ4n) is 2.63. The van der Waals surface area contributed by atoms with Gasteiger partial charge in [0.25, 0.3) is 5.91 Å². The van der Waals surface area contributed by atoms with Gasteiger partial charge in [0.05, 0.1) is 0 Å². The zero-order valence-corrected chi connectivity index (χ0v) is 13.2. The number of nitrogens with zero attached hydrogens (tertiary/aromatic N) is 3. The number of halogens is 1. The summed E-state index contributed by atoms with van der Waals surface area (Å²) in [5, 5.41) is 5.92. The van der Waals surface area contributed by atoms with Gasteiger partial charge in [0.15, 0.2) is 0 Å². The number of nitrogens with two attached hydrogens (primary N) is 1. The summed E-state index contributed by atoms with van der Waals surface area (Å²) in [6.45, 7) is 0. The minimum absolute atomic E-state index is 0.139. The van der Waals surface area contributed by atoms with Crippen molar-refractivity contribution >= 4 is 29.4 Å². The molecule has 2 heterocycles. The minimum atomic E-state index is -0.812. The van der Waals surface area contributed by atoms with E-state index in [2.05, 4.69) is 10.1 Å². The molecule has 7 heteroatoms. The van der Waals surface area contributed by atoms with E-state index in [-0.39, 0.29) is 11.9 Å². The molecule has 4 rings (SSSR count). The van der Waals surface area contributed by atoms with Gasteiger partial charge >= 0.3 is 6.02 Å². The monoisotopic (exact) mass is 340 g/mol. The van der Waals surface area contributed by atoms with Crippen LogP contribution < -0.4 is 5.73 Å². The number of aliphatic imine (C=N–C) groups is 1. The van der Waals surface area contributed by atoms with E-state index in [1.165, 1.54) is 0 Å². The molecule has 2 aliphatic heterocycles. The van der Waals surface area contributed by atoms with E-state index in [9.17, 15) is 4.79 Å². The molecule has 2 atom stereocenters. The number of carbonyl (C=O) groups is 1. The Labute approximate surface area is 143 Å². The van der Waals surface area contributed by atoms with Gasteiger partial charge in [0, 0.05) is 10.6 Å². The van der Waals surface area contributed by atoms with Gasteiger partial charge in [-0.15, -0.1) is 10.1 Å². The summed E-state index contributed by atoms with van der Waals surface area (Å²) in [5.74, 6) is -0.0579. The van der Waals surface area contributed by atoms with Crippen molar-refractivity contribution in [2.75, 3.05) is 0 Å². The number of hydrogen-bond acceptors (Lipinski definition) is 5. The minimum Gasteiger partial charge on any atom is -0.403 e. The molecule has 0 radical (unpaired) electrons. The number of carbonyl (C=O) groups excluding carboxylic acids is 1. The molecule has 2 aliphatic rings. The van der Waals surface area contributed by atoms with Gasteiger partial charge in [-0.2, -0.15) is 0 Å². The van der Waals surface area contributed by atoms with Crippen LogP contribution in [0.4, 0.5) is 0 Å². The molecule has 0 aromatic heterocycles. The molecule has 0 spiro atoms. The number of ether oxygens (including phenoxy) is 1. The Balaban J connectivity index is 1.68. The van der Waals surface area contributed by atoms with Crippen LogP contribution in [-0.4, -0.2) is 28.9 Å². The van der Waals surface area contributed by atoms with Crippen molar-refractivity contribution in [3.63, 3.8) is 0 Å². The van der Waals surface area contributed by atoms with Crippen LogP contribution in [0, 0.1) is 0 Å². The van der Waals surface area contributed by atoms with Gasteiger partial charge in [0.2, 0.25) is 5.90 Å². The first-order valence-corrected chi connectivity index (χ1v) is 7.76. The topological polar surface area (TPSA) is 80.3 Å². The van der Waals surface area contributed by atoms with E-state index in [1.54, 1.807) is 24.3 Å². The Bertz CT molecular complexity index is 849. The maximum atomic E-state index is 12.5. The predicted octanol–water partition coefficient (Wildman–Crippen LogP) is 2.30. The largest absolute Gasteiger partial charge is 0.403 e. The van der Waals surface area contributed by atoms with Gasteiger partial charge in [0.1, 0.15) is 12.1 Å². The first-order chi connectivity index (χ1) is 11.6. The number of benzene rings is 2. The molecule has 6 nitrogen and oxygen atoms in total. The first-order valence-electron chi connectivity index (χ1n) is 7.38. The summed E-state index contributed by atoms with van der Waals surface area (Å²) in [6, 6.07) is 15.2. The van der Waals surface area contributed by atoms with Crippen LogP contribution in [0.3, 0.4) is 0 Å². The highest BCUT2D eigenvalue weighted by molar-refractivity contribution is 6.30. The van der Waals surface area contributed by atoms with Gasteiger partial charge in [-0.05, 0) is 29.8 Å². The Morgan fingerprint density at radius 2 is 1.79 bits per heavy atom. The normalized spacial score (nSPS) is 22.6. The average Bonchev–Trinajstić information content (AvgIpc) is 3.04. The van der Waals surface area contributed by atoms with Crippen LogP contribution >= 0.6 is 11.6 Å². The number of amides is 1. The van der Waals surface area contributed by atoms with Crippen molar-refractivity contribution in [3.05, 3.63) is 70.7 Å². The maximum absolute atomic E-state index is 12.5. The lowest BCUT2D eigenvalue weighted by atomic mass is 9.99. The molecular formula is C17H13ClN4O2. The van der Waals surface area contributed by atoms with Crippen molar-refractivity contribution in [1.82, 2.24) is 5.01 Å². The molecule has 1 amide bonds. The van der Waals surface area contributed by atoms with Crippen molar-refractivity contribution in [1.29, 1.82) is 0 Å². The van der Waals surface area contributed by atoms with Gasteiger partial charge < -0.3 is 10.5 Å². The van der Waals surface area contributed by atoms with Crippen molar-refractivity contribution in [2.45, 2.75) is 12.1 Å². The SMILES string of the molecule is N[C@@H]1C(=O)N2N=C(c3ccc(Cl)cc3)OC2=N[C@@H]1c1ccccc1. The molecular weight excluding hydrogens is 328 g/mol. The Morgan fingerprint density at radius 3 is 2.50 bits per heavy atom. The standard InChI is InChI=1S/C17H13ClN4O2/c18-12-8-6-11(7-9-12)15-21-22-16(23)13(19)14(20-17(22)24-15)10-4-2-1-3-5-10/h1-9,13-14H,19H2/t13-,14+/m0/s1. The fourth-order valence-corrected chi connectivity index (χ4v) is 2.75. The molecule has 0 unspecified atom stereocenters. The molecule has 2 N–H and O–H groups in total.